The molecule has 1 N–H and O–H groups in total. The van der Waals surface area contributed by atoms with Gasteiger partial charge < -0.3 is 14.8 Å². The minimum atomic E-state index is -0.846. The molecule has 1 aromatic carbocycles. The van der Waals surface area contributed by atoms with E-state index in [0.717, 1.165) is 24.5 Å². The molecule has 1 aromatic heterocycles. The summed E-state index contributed by atoms with van der Waals surface area (Å²) in [7, 11) is 2.30. The van der Waals surface area contributed by atoms with E-state index in [4.69, 9.17) is 0 Å². The first kappa shape index (κ1) is 19.1. The first-order valence-electron chi connectivity index (χ1n) is 7.87. The summed E-state index contributed by atoms with van der Waals surface area (Å²) in [5.41, 5.74) is 1.19. The third-order valence-electron chi connectivity index (χ3n) is 3.65. The molecule has 138 valence electrons. The molecule has 0 radical (unpaired) electrons. The largest absolute Gasteiger partial charge is 0.464 e. The van der Waals surface area contributed by atoms with Gasteiger partial charge in [-0.15, -0.1) is 5.10 Å². The van der Waals surface area contributed by atoms with Crippen LogP contribution in [-0.4, -0.2) is 47.1 Å². The zero-order valence-corrected chi connectivity index (χ0v) is 15.0. The Hall–Kier alpha value is -3.23. The number of rotatable bonds is 6. The molecule has 0 spiro atoms. The van der Waals surface area contributed by atoms with E-state index in [1.807, 2.05) is 12.1 Å². The fraction of sp³-hybridized carbons (Fsp3) is 0.353. The Labute approximate surface area is 150 Å². The third-order valence-corrected chi connectivity index (χ3v) is 3.65. The number of amides is 1. The molecule has 2 aromatic rings. The van der Waals surface area contributed by atoms with Crippen LogP contribution >= 0.6 is 0 Å². The lowest BCUT2D eigenvalue weighted by atomic mass is 10.0. The quantitative estimate of drug-likeness (QED) is 0.779. The Morgan fingerprint density at radius 1 is 1.08 bits per heavy atom. The molecule has 0 bridgehead atoms. The van der Waals surface area contributed by atoms with Crippen molar-refractivity contribution in [2.24, 2.45) is 0 Å². The average Bonchev–Trinajstić information content (AvgIpc) is 3.04. The van der Waals surface area contributed by atoms with E-state index in [1.54, 1.807) is 12.1 Å². The van der Waals surface area contributed by atoms with Crippen molar-refractivity contribution in [1.29, 1.82) is 0 Å². The van der Waals surface area contributed by atoms with Crippen LogP contribution in [0.25, 0.3) is 0 Å². The van der Waals surface area contributed by atoms with Gasteiger partial charge in [0.25, 0.3) is 0 Å². The van der Waals surface area contributed by atoms with Crippen molar-refractivity contribution < 1.29 is 23.9 Å². The number of methoxy groups -OCH3 is 2. The molecule has 1 amide bonds. The molecule has 26 heavy (non-hydrogen) atoms. The van der Waals surface area contributed by atoms with Gasteiger partial charge in [-0.25, -0.2) is 14.3 Å². The Morgan fingerprint density at radius 2 is 1.69 bits per heavy atom. The summed E-state index contributed by atoms with van der Waals surface area (Å²) in [5.74, 6) is -1.74. The van der Waals surface area contributed by atoms with Crippen molar-refractivity contribution >= 4 is 23.5 Å². The molecule has 0 saturated carbocycles. The number of anilines is 1. The Balaban J connectivity index is 2.17. The monoisotopic (exact) mass is 360 g/mol. The minimum absolute atomic E-state index is 0.246. The predicted octanol–water partition coefficient (Wildman–Crippen LogP) is 1.61. The number of aromatic nitrogens is 3. The lowest BCUT2D eigenvalue weighted by molar-refractivity contribution is -0.116. The zero-order chi connectivity index (χ0) is 19.3. The second-order valence-corrected chi connectivity index (χ2v) is 5.75. The number of esters is 2. The van der Waals surface area contributed by atoms with Crippen molar-refractivity contribution in [2.75, 3.05) is 19.5 Å². The van der Waals surface area contributed by atoms with Gasteiger partial charge in [-0.05, 0) is 23.6 Å². The van der Waals surface area contributed by atoms with Gasteiger partial charge in [-0.1, -0.05) is 31.2 Å². The molecule has 0 aliphatic carbocycles. The van der Waals surface area contributed by atoms with Crippen molar-refractivity contribution in [3.63, 3.8) is 0 Å². The van der Waals surface area contributed by atoms with E-state index < -0.39 is 17.8 Å². The summed E-state index contributed by atoms with van der Waals surface area (Å²) in [4.78, 5) is 35.8. The summed E-state index contributed by atoms with van der Waals surface area (Å²) < 4.78 is 10.2. The maximum Gasteiger partial charge on any atom is 0.361 e. The molecular formula is C17H20N4O5. The van der Waals surface area contributed by atoms with Crippen LogP contribution in [0.15, 0.2) is 24.3 Å². The van der Waals surface area contributed by atoms with Gasteiger partial charge in [0.1, 0.15) is 6.54 Å². The molecule has 0 saturated heterocycles. The molecule has 0 unspecified atom stereocenters. The van der Waals surface area contributed by atoms with Gasteiger partial charge in [0.15, 0.2) is 5.69 Å². The number of hydrogen-bond acceptors (Lipinski definition) is 7. The number of nitrogens with one attached hydrogen (secondary N) is 1. The van der Waals surface area contributed by atoms with E-state index in [2.05, 4.69) is 39.0 Å². The average molecular weight is 360 g/mol. The van der Waals surface area contributed by atoms with Crippen molar-refractivity contribution in [2.45, 2.75) is 26.3 Å². The summed E-state index contributed by atoms with van der Waals surface area (Å²) in [6.07, 6.45) is 0. The highest BCUT2D eigenvalue weighted by molar-refractivity contribution is 6.01. The van der Waals surface area contributed by atoms with Gasteiger partial charge in [-0.2, -0.15) is 0 Å². The topological polar surface area (TPSA) is 112 Å². The second kappa shape index (κ2) is 8.24. The van der Waals surface area contributed by atoms with Crippen molar-refractivity contribution in [3.05, 3.63) is 41.2 Å². The number of benzene rings is 1. The van der Waals surface area contributed by atoms with Crippen LogP contribution < -0.4 is 5.32 Å². The first-order chi connectivity index (χ1) is 12.4. The number of carbonyl (C=O) groups is 3. The smallest absolute Gasteiger partial charge is 0.361 e. The fourth-order valence-electron chi connectivity index (χ4n) is 2.24. The van der Waals surface area contributed by atoms with Crippen LogP contribution in [0, 0.1) is 0 Å². The van der Waals surface area contributed by atoms with Crippen LogP contribution in [0.1, 0.15) is 46.3 Å². The molecule has 0 atom stereocenters. The lowest BCUT2D eigenvalue weighted by Crippen LogP contribution is -2.23. The number of nitrogens with zero attached hydrogens (tertiary/aromatic N) is 3. The maximum atomic E-state index is 12.2. The van der Waals surface area contributed by atoms with Crippen LogP contribution in [0.5, 0.6) is 0 Å². The highest BCUT2D eigenvalue weighted by Gasteiger charge is 2.27. The summed E-state index contributed by atoms with van der Waals surface area (Å²) in [6.45, 7) is 3.83. The predicted molar refractivity (Wildman–Crippen MR) is 91.9 cm³/mol. The van der Waals surface area contributed by atoms with Crippen LogP contribution in [0.4, 0.5) is 5.69 Å². The maximum absolute atomic E-state index is 12.2. The van der Waals surface area contributed by atoms with E-state index in [-0.39, 0.29) is 17.9 Å². The molecule has 2 rings (SSSR count). The van der Waals surface area contributed by atoms with E-state index in [0.29, 0.717) is 11.6 Å². The second-order valence-electron chi connectivity index (χ2n) is 5.75. The molecule has 0 fully saturated rings. The summed E-state index contributed by atoms with van der Waals surface area (Å²) in [6, 6.07) is 7.42. The normalized spacial score (nSPS) is 10.5. The highest BCUT2D eigenvalue weighted by atomic mass is 16.5. The van der Waals surface area contributed by atoms with Crippen LogP contribution in [-0.2, 0) is 20.8 Å². The SMILES string of the molecule is COC(=O)c1nnn(CC(=O)Nc2ccc(C(C)C)cc2)c1C(=O)OC. The van der Waals surface area contributed by atoms with Gasteiger partial charge in [0.2, 0.25) is 11.6 Å². The van der Waals surface area contributed by atoms with Crippen LogP contribution in [0.3, 0.4) is 0 Å². The van der Waals surface area contributed by atoms with Gasteiger partial charge in [0, 0.05) is 5.69 Å². The van der Waals surface area contributed by atoms with E-state index in [1.165, 1.54) is 0 Å². The van der Waals surface area contributed by atoms with Gasteiger partial charge in [0.05, 0.1) is 14.2 Å². The number of ether oxygens (including phenoxy) is 2. The molecule has 9 heteroatoms. The van der Waals surface area contributed by atoms with Crippen molar-refractivity contribution in [3.8, 4) is 0 Å². The van der Waals surface area contributed by atoms with Crippen molar-refractivity contribution in [1.82, 2.24) is 15.0 Å². The van der Waals surface area contributed by atoms with E-state index >= 15 is 0 Å². The Bertz CT molecular complexity index is 811. The number of carbonyl (C=O) groups excluding carboxylic acids is 3. The molecule has 0 aliphatic rings. The standard InChI is InChI=1S/C17H20N4O5/c1-10(2)11-5-7-12(8-6-11)18-13(22)9-21-15(17(24)26-4)14(19-20-21)16(23)25-3/h5-8,10H,9H2,1-4H3,(H,18,22). The fourth-order valence-corrected chi connectivity index (χ4v) is 2.24. The molecule has 1 heterocycles. The Morgan fingerprint density at radius 3 is 2.23 bits per heavy atom. The van der Waals surface area contributed by atoms with Gasteiger partial charge >= 0.3 is 11.9 Å². The summed E-state index contributed by atoms with van der Waals surface area (Å²) in [5, 5.41) is 9.98. The summed E-state index contributed by atoms with van der Waals surface area (Å²) >= 11 is 0. The molecular weight excluding hydrogens is 340 g/mol. The number of hydrogen-bond donors (Lipinski definition) is 1. The first-order valence-corrected chi connectivity index (χ1v) is 7.87. The zero-order valence-electron chi connectivity index (χ0n) is 15.0. The Kier molecular flexibility index (Phi) is 6.05. The molecule has 9 nitrogen and oxygen atoms in total. The van der Waals surface area contributed by atoms with Crippen LogP contribution in [0.2, 0.25) is 0 Å². The third kappa shape index (κ3) is 4.24. The lowest BCUT2D eigenvalue weighted by Gasteiger charge is -2.09. The van der Waals surface area contributed by atoms with Gasteiger partial charge in [-0.3, -0.25) is 4.79 Å². The van der Waals surface area contributed by atoms with E-state index in [9.17, 15) is 14.4 Å². The highest BCUT2D eigenvalue weighted by Crippen LogP contribution is 2.17. The minimum Gasteiger partial charge on any atom is -0.464 e. The molecule has 0 aliphatic heterocycles.